The molecule has 0 saturated carbocycles. The Morgan fingerprint density at radius 1 is 1.02 bits per heavy atom. The lowest BCUT2D eigenvalue weighted by Crippen LogP contribution is -2.40. The number of aromatic nitrogens is 1. The highest BCUT2D eigenvalue weighted by Crippen LogP contribution is 2.37. The summed E-state index contributed by atoms with van der Waals surface area (Å²) in [6.45, 7) is 1.81. The molecule has 1 atom stereocenters. The van der Waals surface area contributed by atoms with Crippen LogP contribution in [0.5, 0.6) is 17.2 Å². The zero-order chi connectivity index (χ0) is 30.7. The molecule has 11 nitrogen and oxygen atoms in total. The number of benzene rings is 3. The van der Waals surface area contributed by atoms with Gasteiger partial charge in [-0.1, -0.05) is 53.8 Å². The maximum absolute atomic E-state index is 14.1. The van der Waals surface area contributed by atoms with Crippen LogP contribution in [0.1, 0.15) is 29.7 Å². The molecule has 0 amide bonds. The Morgan fingerprint density at radius 2 is 1.74 bits per heavy atom. The summed E-state index contributed by atoms with van der Waals surface area (Å²) in [6, 6.07) is 18.0. The summed E-state index contributed by atoms with van der Waals surface area (Å²) in [5, 5.41) is 12.0. The second-order valence-corrected chi connectivity index (χ2v) is 10.2. The topological polar surface area (TPSA) is 131 Å². The number of ether oxygens (including phenoxy) is 4. The SMILES string of the molecule is CCOC(=O)C1=C(c2ccccc2)N=c2s/c(=C\c3cc(OC)c(OC)cc3[N+](=O)[O-])c(=O)n2[C@@H]1c1cccc(OC)c1. The third-order valence-electron chi connectivity index (χ3n) is 6.80. The molecule has 0 unspecified atom stereocenters. The zero-order valence-electron chi connectivity index (χ0n) is 23.7. The van der Waals surface area contributed by atoms with E-state index in [9.17, 15) is 19.7 Å². The Bertz CT molecular complexity index is 1930. The third-order valence-corrected chi connectivity index (χ3v) is 7.78. The smallest absolute Gasteiger partial charge is 0.338 e. The summed E-state index contributed by atoms with van der Waals surface area (Å²) in [5.41, 5.74) is 1.16. The average Bonchev–Trinajstić information content (AvgIpc) is 3.34. The molecule has 2 heterocycles. The molecule has 1 aliphatic heterocycles. The van der Waals surface area contributed by atoms with E-state index in [-0.39, 0.29) is 39.5 Å². The van der Waals surface area contributed by atoms with Crippen LogP contribution in [0.25, 0.3) is 11.8 Å². The molecular formula is C31H27N3O8S. The van der Waals surface area contributed by atoms with Crippen LogP contribution >= 0.6 is 11.3 Å². The standard InChI is InChI=1S/C31H27N3O8S/c1-5-42-30(36)26-27(18-10-7-6-8-11-18)32-31-33(28(26)19-12-9-13-21(14-19)39-2)29(35)25(43-31)16-20-15-23(40-3)24(41-4)17-22(20)34(37)38/h6-17,28H,5H2,1-4H3/b25-16-/t28-/m1/s1. The number of fused-ring (bicyclic) bond motifs is 1. The molecular weight excluding hydrogens is 574 g/mol. The molecule has 0 bridgehead atoms. The minimum absolute atomic E-state index is 0.114. The molecule has 220 valence electrons. The molecule has 1 aliphatic rings. The number of hydrogen-bond acceptors (Lipinski definition) is 10. The molecule has 3 aromatic carbocycles. The van der Waals surface area contributed by atoms with Crippen LogP contribution in [0.4, 0.5) is 5.69 Å². The van der Waals surface area contributed by atoms with E-state index < -0.39 is 22.5 Å². The number of carbonyl (C=O) groups excluding carboxylic acids is 1. The van der Waals surface area contributed by atoms with Gasteiger partial charge in [0.05, 0.1) is 66.3 Å². The fourth-order valence-corrected chi connectivity index (χ4v) is 5.86. The molecule has 43 heavy (non-hydrogen) atoms. The van der Waals surface area contributed by atoms with Gasteiger partial charge >= 0.3 is 5.97 Å². The quantitative estimate of drug-likeness (QED) is 0.161. The minimum Gasteiger partial charge on any atom is -0.497 e. The van der Waals surface area contributed by atoms with Crippen LogP contribution in [0.15, 0.2) is 82.1 Å². The number of nitro benzene ring substituents is 1. The van der Waals surface area contributed by atoms with Gasteiger partial charge < -0.3 is 18.9 Å². The number of esters is 1. The van der Waals surface area contributed by atoms with Crippen molar-refractivity contribution < 1.29 is 28.7 Å². The lowest BCUT2D eigenvalue weighted by atomic mass is 9.93. The van der Waals surface area contributed by atoms with Crippen molar-refractivity contribution in [3.63, 3.8) is 0 Å². The third kappa shape index (κ3) is 5.52. The molecule has 0 N–H and O–H groups in total. The van der Waals surface area contributed by atoms with Gasteiger partial charge in [0.2, 0.25) is 0 Å². The molecule has 12 heteroatoms. The van der Waals surface area contributed by atoms with Crippen LogP contribution in [0, 0.1) is 10.1 Å². The number of hydrogen-bond donors (Lipinski definition) is 0. The first-order chi connectivity index (χ1) is 20.8. The molecule has 0 saturated heterocycles. The highest BCUT2D eigenvalue weighted by atomic mass is 32.1. The molecule has 0 spiro atoms. The summed E-state index contributed by atoms with van der Waals surface area (Å²) in [5.74, 6) is 0.347. The van der Waals surface area contributed by atoms with Crippen LogP contribution in [-0.2, 0) is 9.53 Å². The first-order valence-corrected chi connectivity index (χ1v) is 14.0. The van der Waals surface area contributed by atoms with Gasteiger partial charge in [-0.2, -0.15) is 0 Å². The van der Waals surface area contributed by atoms with Crippen LogP contribution in [0.3, 0.4) is 0 Å². The summed E-state index contributed by atoms with van der Waals surface area (Å²) < 4.78 is 23.1. The zero-order valence-corrected chi connectivity index (χ0v) is 24.5. The number of carbonyl (C=O) groups is 1. The van der Waals surface area contributed by atoms with Crippen molar-refractivity contribution >= 4 is 34.8 Å². The van der Waals surface area contributed by atoms with Crippen molar-refractivity contribution in [3.8, 4) is 17.2 Å². The second kappa shape index (κ2) is 12.3. The van der Waals surface area contributed by atoms with E-state index >= 15 is 0 Å². The van der Waals surface area contributed by atoms with Gasteiger partial charge in [-0.3, -0.25) is 19.5 Å². The van der Waals surface area contributed by atoms with Crippen LogP contribution in [0.2, 0.25) is 0 Å². The Labute approximate surface area is 249 Å². The van der Waals surface area contributed by atoms with Crippen molar-refractivity contribution in [2.75, 3.05) is 27.9 Å². The minimum atomic E-state index is -0.928. The number of nitro groups is 1. The Morgan fingerprint density at radius 3 is 2.40 bits per heavy atom. The Balaban J connectivity index is 1.85. The molecule has 1 aromatic heterocycles. The summed E-state index contributed by atoms with van der Waals surface area (Å²) in [7, 11) is 4.32. The lowest BCUT2D eigenvalue weighted by molar-refractivity contribution is -0.385. The molecule has 5 rings (SSSR count). The van der Waals surface area contributed by atoms with Crippen molar-refractivity contribution in [1.82, 2.24) is 4.57 Å². The van der Waals surface area contributed by atoms with E-state index in [1.165, 1.54) is 44.1 Å². The Hall–Kier alpha value is -5.23. The van der Waals surface area contributed by atoms with Gasteiger partial charge in [-0.05, 0) is 36.8 Å². The van der Waals surface area contributed by atoms with Crippen molar-refractivity contribution in [1.29, 1.82) is 0 Å². The number of rotatable bonds is 9. The molecule has 4 aromatic rings. The second-order valence-electron chi connectivity index (χ2n) is 9.23. The first-order valence-electron chi connectivity index (χ1n) is 13.1. The average molecular weight is 602 g/mol. The lowest BCUT2D eigenvalue weighted by Gasteiger charge is -2.26. The van der Waals surface area contributed by atoms with Gasteiger partial charge in [0.15, 0.2) is 16.3 Å². The molecule has 0 radical (unpaired) electrons. The van der Waals surface area contributed by atoms with Gasteiger partial charge in [-0.15, -0.1) is 0 Å². The monoisotopic (exact) mass is 601 g/mol. The number of thiazole rings is 1. The van der Waals surface area contributed by atoms with E-state index in [0.717, 1.165) is 11.3 Å². The fourth-order valence-electron chi connectivity index (χ4n) is 4.87. The van der Waals surface area contributed by atoms with E-state index in [4.69, 9.17) is 23.9 Å². The fraction of sp³-hybridized carbons (Fsp3) is 0.194. The maximum atomic E-state index is 14.1. The first kappa shape index (κ1) is 29.3. The van der Waals surface area contributed by atoms with Gasteiger partial charge in [0.25, 0.3) is 11.2 Å². The predicted octanol–water partition coefficient (Wildman–Crippen LogP) is 3.87. The van der Waals surface area contributed by atoms with Gasteiger partial charge in [0.1, 0.15) is 5.75 Å². The van der Waals surface area contributed by atoms with Crippen molar-refractivity contribution in [2.24, 2.45) is 4.99 Å². The highest BCUT2D eigenvalue weighted by Gasteiger charge is 2.35. The van der Waals surface area contributed by atoms with E-state index in [2.05, 4.69) is 0 Å². The summed E-state index contributed by atoms with van der Waals surface area (Å²) in [4.78, 5) is 44.2. The molecule has 0 aliphatic carbocycles. The van der Waals surface area contributed by atoms with Gasteiger partial charge in [0, 0.05) is 5.56 Å². The van der Waals surface area contributed by atoms with Crippen molar-refractivity contribution in [3.05, 3.63) is 119 Å². The summed E-state index contributed by atoms with van der Waals surface area (Å²) >= 11 is 1.05. The largest absolute Gasteiger partial charge is 0.497 e. The van der Waals surface area contributed by atoms with Gasteiger partial charge in [-0.25, -0.2) is 9.79 Å². The number of methoxy groups -OCH3 is 3. The predicted molar refractivity (Wildman–Crippen MR) is 160 cm³/mol. The number of nitrogens with zero attached hydrogens (tertiary/aromatic N) is 3. The van der Waals surface area contributed by atoms with E-state index in [1.54, 1.807) is 31.2 Å². The van der Waals surface area contributed by atoms with Crippen LogP contribution < -0.4 is 29.1 Å². The van der Waals surface area contributed by atoms with E-state index in [1.807, 2.05) is 30.3 Å². The van der Waals surface area contributed by atoms with Crippen molar-refractivity contribution in [2.45, 2.75) is 13.0 Å². The van der Waals surface area contributed by atoms with E-state index in [0.29, 0.717) is 27.4 Å². The molecule has 0 fully saturated rings. The maximum Gasteiger partial charge on any atom is 0.338 e. The highest BCUT2D eigenvalue weighted by molar-refractivity contribution is 7.07. The Kier molecular flexibility index (Phi) is 8.39. The normalized spacial score (nSPS) is 14.5. The van der Waals surface area contributed by atoms with Crippen LogP contribution in [-0.4, -0.2) is 43.4 Å². The summed E-state index contributed by atoms with van der Waals surface area (Å²) in [6.07, 6.45) is 1.42.